The number of benzene rings is 1. The van der Waals surface area contributed by atoms with E-state index in [2.05, 4.69) is 0 Å². The standard InChI is InChI=1S/C22H25NO7/c1-5-27-19(24)16-17(20(25)28-6-2)23-13-12-14-10-8-9-11-15(14)18(23)30-22(16,4)21(26)29-7-3/h8-13,18H,5-7H2,1-4H3. The molecule has 0 saturated heterocycles. The number of ether oxygens (including phenoxy) is 4. The lowest BCUT2D eigenvalue weighted by Gasteiger charge is -2.45. The molecule has 8 heteroatoms. The minimum atomic E-state index is -1.87. The predicted octanol–water partition coefficient (Wildman–Crippen LogP) is 2.70. The van der Waals surface area contributed by atoms with Gasteiger partial charge in [-0.3, -0.25) is 0 Å². The van der Waals surface area contributed by atoms with E-state index in [1.807, 2.05) is 24.3 Å². The van der Waals surface area contributed by atoms with Crippen molar-refractivity contribution in [2.45, 2.75) is 39.5 Å². The van der Waals surface area contributed by atoms with Gasteiger partial charge in [-0.2, -0.15) is 0 Å². The molecule has 0 fully saturated rings. The van der Waals surface area contributed by atoms with Crippen LogP contribution in [0.5, 0.6) is 0 Å². The molecular weight excluding hydrogens is 390 g/mol. The Morgan fingerprint density at radius 1 is 1.00 bits per heavy atom. The Bertz CT molecular complexity index is 920. The number of hydrogen-bond donors (Lipinski definition) is 0. The van der Waals surface area contributed by atoms with Crippen LogP contribution in [0.15, 0.2) is 41.7 Å². The highest BCUT2D eigenvalue weighted by Crippen LogP contribution is 2.45. The first kappa shape index (κ1) is 21.6. The van der Waals surface area contributed by atoms with Gasteiger partial charge in [-0.1, -0.05) is 24.3 Å². The van der Waals surface area contributed by atoms with Gasteiger partial charge >= 0.3 is 17.9 Å². The third kappa shape index (κ3) is 3.59. The SMILES string of the molecule is CCOC(=O)C1=C(C(=O)OCC)C(C)(C(=O)OCC)OC2c3ccccc3C=CN12. The molecule has 0 spiro atoms. The van der Waals surface area contributed by atoms with E-state index in [0.29, 0.717) is 0 Å². The summed E-state index contributed by atoms with van der Waals surface area (Å²) < 4.78 is 21.8. The van der Waals surface area contributed by atoms with E-state index in [-0.39, 0.29) is 31.1 Å². The van der Waals surface area contributed by atoms with Crippen molar-refractivity contribution >= 4 is 24.0 Å². The highest BCUT2D eigenvalue weighted by atomic mass is 16.6. The Morgan fingerprint density at radius 3 is 2.30 bits per heavy atom. The van der Waals surface area contributed by atoms with Crippen LogP contribution in [0.3, 0.4) is 0 Å². The second-order valence-electron chi connectivity index (χ2n) is 6.74. The summed E-state index contributed by atoms with van der Waals surface area (Å²) in [6.45, 7) is 6.57. The predicted molar refractivity (Wildman–Crippen MR) is 106 cm³/mol. The first-order valence-corrected chi connectivity index (χ1v) is 9.88. The van der Waals surface area contributed by atoms with Crippen molar-refractivity contribution in [3.05, 3.63) is 52.9 Å². The second-order valence-corrected chi connectivity index (χ2v) is 6.74. The Balaban J connectivity index is 2.27. The molecule has 0 radical (unpaired) electrons. The molecular formula is C22H25NO7. The Morgan fingerprint density at radius 2 is 1.63 bits per heavy atom. The summed E-state index contributed by atoms with van der Waals surface area (Å²) in [4.78, 5) is 40.4. The fourth-order valence-electron chi connectivity index (χ4n) is 3.55. The van der Waals surface area contributed by atoms with Gasteiger partial charge in [-0.15, -0.1) is 0 Å². The third-order valence-corrected chi connectivity index (χ3v) is 4.86. The number of fused-ring (bicyclic) bond motifs is 3. The Kier molecular flexibility index (Phi) is 6.26. The lowest BCUT2D eigenvalue weighted by atomic mass is 9.88. The zero-order valence-corrected chi connectivity index (χ0v) is 17.5. The first-order valence-electron chi connectivity index (χ1n) is 9.88. The number of esters is 3. The number of hydrogen-bond acceptors (Lipinski definition) is 8. The van der Waals surface area contributed by atoms with Crippen molar-refractivity contribution < 1.29 is 33.3 Å². The van der Waals surface area contributed by atoms with E-state index in [9.17, 15) is 14.4 Å². The van der Waals surface area contributed by atoms with Crippen LogP contribution in [-0.2, 0) is 33.3 Å². The van der Waals surface area contributed by atoms with Gasteiger partial charge in [0.25, 0.3) is 0 Å². The average molecular weight is 415 g/mol. The monoisotopic (exact) mass is 415 g/mol. The largest absolute Gasteiger partial charge is 0.464 e. The fourth-order valence-corrected chi connectivity index (χ4v) is 3.55. The Labute approximate surface area is 175 Å². The van der Waals surface area contributed by atoms with Crippen LogP contribution < -0.4 is 0 Å². The molecule has 8 nitrogen and oxygen atoms in total. The maximum absolute atomic E-state index is 13.0. The molecule has 3 rings (SSSR count). The number of carbonyl (C=O) groups excluding carboxylic acids is 3. The highest BCUT2D eigenvalue weighted by Gasteiger charge is 2.55. The summed E-state index contributed by atoms with van der Waals surface area (Å²) in [5.41, 5.74) is -0.619. The topological polar surface area (TPSA) is 91.4 Å². The van der Waals surface area contributed by atoms with E-state index in [1.54, 1.807) is 33.0 Å². The van der Waals surface area contributed by atoms with E-state index >= 15 is 0 Å². The maximum atomic E-state index is 13.0. The van der Waals surface area contributed by atoms with Gasteiger partial charge in [0.2, 0.25) is 0 Å². The molecule has 0 amide bonds. The van der Waals surface area contributed by atoms with Gasteiger partial charge in [0.15, 0.2) is 11.8 Å². The number of nitrogens with zero attached hydrogens (tertiary/aromatic N) is 1. The maximum Gasteiger partial charge on any atom is 0.355 e. The molecule has 0 saturated carbocycles. The molecule has 1 aromatic rings. The smallest absolute Gasteiger partial charge is 0.355 e. The molecule has 2 unspecified atom stereocenters. The molecule has 0 aliphatic carbocycles. The van der Waals surface area contributed by atoms with Crippen molar-refractivity contribution in [2.24, 2.45) is 0 Å². The zero-order chi connectivity index (χ0) is 21.9. The van der Waals surface area contributed by atoms with Crippen LogP contribution in [-0.4, -0.2) is 48.2 Å². The van der Waals surface area contributed by atoms with Gasteiger partial charge < -0.3 is 23.8 Å². The molecule has 1 aromatic carbocycles. The molecule has 30 heavy (non-hydrogen) atoms. The van der Waals surface area contributed by atoms with Gasteiger partial charge in [-0.25, -0.2) is 14.4 Å². The van der Waals surface area contributed by atoms with Gasteiger partial charge in [-0.05, 0) is 39.3 Å². The zero-order valence-electron chi connectivity index (χ0n) is 17.5. The van der Waals surface area contributed by atoms with Crippen molar-refractivity contribution in [3.63, 3.8) is 0 Å². The molecule has 2 aliphatic rings. The van der Waals surface area contributed by atoms with Crippen molar-refractivity contribution in [2.75, 3.05) is 19.8 Å². The van der Waals surface area contributed by atoms with Crippen molar-refractivity contribution in [3.8, 4) is 0 Å². The molecule has 2 aliphatic heterocycles. The number of carbonyl (C=O) groups is 3. The summed E-state index contributed by atoms with van der Waals surface area (Å²) >= 11 is 0. The van der Waals surface area contributed by atoms with Crippen LogP contribution in [0, 0.1) is 0 Å². The third-order valence-electron chi connectivity index (χ3n) is 4.86. The molecule has 2 heterocycles. The molecule has 0 bridgehead atoms. The van der Waals surface area contributed by atoms with E-state index in [1.165, 1.54) is 11.8 Å². The van der Waals surface area contributed by atoms with Gasteiger partial charge in [0.05, 0.1) is 19.8 Å². The van der Waals surface area contributed by atoms with Crippen LogP contribution in [0.25, 0.3) is 6.08 Å². The molecule has 0 N–H and O–H groups in total. The summed E-state index contributed by atoms with van der Waals surface area (Å²) in [6, 6.07) is 7.43. The average Bonchev–Trinajstić information content (AvgIpc) is 2.73. The minimum Gasteiger partial charge on any atom is -0.464 e. The van der Waals surface area contributed by atoms with Gasteiger partial charge in [0.1, 0.15) is 11.3 Å². The number of rotatable bonds is 6. The normalized spacial score (nSPS) is 22.1. The summed E-state index contributed by atoms with van der Waals surface area (Å²) in [6.07, 6.45) is 2.59. The van der Waals surface area contributed by atoms with Crippen molar-refractivity contribution in [1.82, 2.24) is 4.90 Å². The van der Waals surface area contributed by atoms with Crippen LogP contribution in [0.1, 0.15) is 45.0 Å². The lowest BCUT2D eigenvalue weighted by Crippen LogP contribution is -2.54. The van der Waals surface area contributed by atoms with Crippen LogP contribution in [0.2, 0.25) is 0 Å². The van der Waals surface area contributed by atoms with Crippen LogP contribution >= 0.6 is 0 Å². The van der Waals surface area contributed by atoms with E-state index in [4.69, 9.17) is 18.9 Å². The summed E-state index contributed by atoms with van der Waals surface area (Å²) in [5, 5.41) is 0. The summed E-state index contributed by atoms with van der Waals surface area (Å²) in [5.74, 6) is -2.39. The minimum absolute atomic E-state index is 0.0550. The Hall–Kier alpha value is -3.13. The van der Waals surface area contributed by atoms with Crippen molar-refractivity contribution in [1.29, 1.82) is 0 Å². The highest BCUT2D eigenvalue weighted by molar-refractivity contribution is 6.07. The second kappa shape index (κ2) is 8.71. The molecule has 0 aromatic heterocycles. The van der Waals surface area contributed by atoms with E-state index < -0.39 is 29.7 Å². The van der Waals surface area contributed by atoms with E-state index in [0.717, 1.165) is 11.1 Å². The fraction of sp³-hybridized carbons (Fsp3) is 0.409. The summed E-state index contributed by atoms with van der Waals surface area (Å²) in [7, 11) is 0. The van der Waals surface area contributed by atoms with Gasteiger partial charge in [0, 0.05) is 11.8 Å². The first-order chi connectivity index (χ1) is 14.4. The quantitative estimate of drug-likeness (QED) is 0.517. The lowest BCUT2D eigenvalue weighted by molar-refractivity contribution is -0.191. The molecule has 160 valence electrons. The van der Waals surface area contributed by atoms with Crippen LogP contribution in [0.4, 0.5) is 0 Å². The molecule has 2 atom stereocenters.